The van der Waals surface area contributed by atoms with E-state index in [1.807, 2.05) is 44.2 Å². The highest BCUT2D eigenvalue weighted by molar-refractivity contribution is 5.94. The van der Waals surface area contributed by atoms with Crippen LogP contribution in [0.2, 0.25) is 0 Å². The van der Waals surface area contributed by atoms with E-state index < -0.39 is 5.97 Å². The fourth-order valence-electron chi connectivity index (χ4n) is 2.43. The molecule has 0 aliphatic carbocycles. The first-order chi connectivity index (χ1) is 11.9. The van der Waals surface area contributed by atoms with Crippen molar-refractivity contribution in [1.29, 1.82) is 0 Å². The molecule has 1 amide bonds. The van der Waals surface area contributed by atoms with E-state index in [-0.39, 0.29) is 12.5 Å². The van der Waals surface area contributed by atoms with Gasteiger partial charge >= 0.3 is 5.97 Å². The number of aryl methyl sites for hydroxylation is 2. The summed E-state index contributed by atoms with van der Waals surface area (Å²) in [5.41, 5.74) is 3.40. The Morgan fingerprint density at radius 3 is 2.48 bits per heavy atom. The Hall–Kier alpha value is -2.82. The SMILES string of the molecule is COc1ccc(C)cc1C(=O)OCC(=O)N(C)Cc1ccccc1C. The highest BCUT2D eigenvalue weighted by Gasteiger charge is 2.17. The van der Waals surface area contributed by atoms with Gasteiger partial charge in [0.15, 0.2) is 6.61 Å². The van der Waals surface area contributed by atoms with Gasteiger partial charge < -0.3 is 14.4 Å². The summed E-state index contributed by atoms with van der Waals surface area (Å²) in [4.78, 5) is 26.0. The van der Waals surface area contributed by atoms with Crippen LogP contribution < -0.4 is 4.74 Å². The average molecular weight is 341 g/mol. The first kappa shape index (κ1) is 18.5. The minimum atomic E-state index is -0.571. The van der Waals surface area contributed by atoms with Crippen LogP contribution in [0.4, 0.5) is 0 Å². The number of likely N-dealkylation sites (N-methyl/N-ethyl adjacent to an activating group) is 1. The quantitative estimate of drug-likeness (QED) is 0.758. The van der Waals surface area contributed by atoms with Crippen LogP contribution in [-0.4, -0.2) is 37.5 Å². The van der Waals surface area contributed by atoms with Crippen molar-refractivity contribution in [3.8, 4) is 5.75 Å². The summed E-state index contributed by atoms with van der Waals surface area (Å²) in [7, 11) is 3.18. The lowest BCUT2D eigenvalue weighted by molar-refractivity contribution is -0.133. The van der Waals surface area contributed by atoms with Crippen molar-refractivity contribution in [2.75, 3.05) is 20.8 Å². The van der Waals surface area contributed by atoms with Crippen molar-refractivity contribution in [1.82, 2.24) is 4.90 Å². The van der Waals surface area contributed by atoms with E-state index in [0.717, 1.165) is 16.7 Å². The molecule has 0 fully saturated rings. The Balaban J connectivity index is 1.96. The number of ether oxygens (including phenoxy) is 2. The maximum Gasteiger partial charge on any atom is 0.342 e. The Labute approximate surface area is 148 Å². The number of hydrogen-bond donors (Lipinski definition) is 0. The number of nitrogens with zero attached hydrogens (tertiary/aromatic N) is 1. The number of carbonyl (C=O) groups excluding carboxylic acids is 2. The zero-order valence-electron chi connectivity index (χ0n) is 15.0. The lowest BCUT2D eigenvalue weighted by Gasteiger charge is -2.18. The largest absolute Gasteiger partial charge is 0.496 e. The first-order valence-corrected chi connectivity index (χ1v) is 8.02. The summed E-state index contributed by atoms with van der Waals surface area (Å²) < 4.78 is 10.3. The van der Waals surface area contributed by atoms with Gasteiger partial charge in [0.1, 0.15) is 11.3 Å². The van der Waals surface area contributed by atoms with Crippen LogP contribution in [0.1, 0.15) is 27.0 Å². The number of hydrogen-bond acceptors (Lipinski definition) is 4. The number of amides is 1. The molecule has 0 radical (unpaired) electrons. The summed E-state index contributed by atoms with van der Waals surface area (Å²) in [6, 6.07) is 13.1. The zero-order chi connectivity index (χ0) is 18.4. The smallest absolute Gasteiger partial charge is 0.342 e. The Kier molecular flexibility index (Phi) is 6.17. The molecule has 0 saturated heterocycles. The second-order valence-electron chi connectivity index (χ2n) is 5.96. The summed E-state index contributed by atoms with van der Waals surface area (Å²) in [6.45, 7) is 4.03. The van der Waals surface area contributed by atoms with Gasteiger partial charge in [-0.25, -0.2) is 4.79 Å². The maximum atomic E-state index is 12.2. The van der Waals surface area contributed by atoms with E-state index in [1.165, 1.54) is 7.11 Å². The van der Waals surface area contributed by atoms with Gasteiger partial charge in [0.2, 0.25) is 0 Å². The molecule has 0 bridgehead atoms. The number of carbonyl (C=O) groups is 2. The third kappa shape index (κ3) is 4.83. The number of benzene rings is 2. The summed E-state index contributed by atoms with van der Waals surface area (Å²) >= 11 is 0. The van der Waals surface area contributed by atoms with E-state index in [0.29, 0.717) is 17.9 Å². The summed E-state index contributed by atoms with van der Waals surface area (Å²) in [5, 5.41) is 0. The maximum absolute atomic E-state index is 12.2. The minimum Gasteiger partial charge on any atom is -0.496 e. The van der Waals surface area contributed by atoms with Crippen molar-refractivity contribution in [3.63, 3.8) is 0 Å². The molecular formula is C20H23NO4. The molecule has 0 unspecified atom stereocenters. The molecule has 0 N–H and O–H groups in total. The Bertz CT molecular complexity index is 770. The molecular weight excluding hydrogens is 318 g/mol. The molecule has 0 spiro atoms. The third-order valence-electron chi connectivity index (χ3n) is 4.00. The predicted octanol–water partition coefficient (Wildman–Crippen LogP) is 3.13. The Morgan fingerprint density at radius 1 is 1.08 bits per heavy atom. The second kappa shape index (κ2) is 8.33. The molecule has 0 heterocycles. The van der Waals surface area contributed by atoms with Gasteiger partial charge in [0.05, 0.1) is 7.11 Å². The number of methoxy groups -OCH3 is 1. The first-order valence-electron chi connectivity index (χ1n) is 8.02. The van der Waals surface area contributed by atoms with Crippen LogP contribution in [0.25, 0.3) is 0 Å². The standard InChI is InChI=1S/C20H23NO4/c1-14-9-10-18(24-4)17(11-14)20(23)25-13-19(22)21(3)12-16-8-6-5-7-15(16)2/h5-11H,12-13H2,1-4H3. The van der Waals surface area contributed by atoms with Crippen LogP contribution in [-0.2, 0) is 16.1 Å². The lowest BCUT2D eigenvalue weighted by atomic mass is 10.1. The van der Waals surface area contributed by atoms with E-state index in [2.05, 4.69) is 0 Å². The monoisotopic (exact) mass is 341 g/mol. The van der Waals surface area contributed by atoms with E-state index in [4.69, 9.17) is 9.47 Å². The van der Waals surface area contributed by atoms with Gasteiger partial charge in [-0.2, -0.15) is 0 Å². The molecule has 0 aliphatic rings. The number of esters is 1. The molecule has 5 heteroatoms. The third-order valence-corrected chi connectivity index (χ3v) is 4.00. The molecule has 25 heavy (non-hydrogen) atoms. The van der Waals surface area contributed by atoms with Crippen LogP contribution >= 0.6 is 0 Å². The zero-order valence-corrected chi connectivity index (χ0v) is 15.0. The van der Waals surface area contributed by atoms with Gasteiger partial charge in [-0.3, -0.25) is 4.79 Å². The van der Waals surface area contributed by atoms with E-state index in [9.17, 15) is 9.59 Å². The highest BCUT2D eigenvalue weighted by atomic mass is 16.5. The Morgan fingerprint density at radius 2 is 1.80 bits per heavy atom. The summed E-state index contributed by atoms with van der Waals surface area (Å²) in [6.07, 6.45) is 0. The number of rotatable bonds is 6. The molecule has 5 nitrogen and oxygen atoms in total. The van der Waals surface area contributed by atoms with Crippen molar-refractivity contribution < 1.29 is 19.1 Å². The molecule has 0 aliphatic heterocycles. The summed E-state index contributed by atoms with van der Waals surface area (Å²) in [5.74, 6) is -0.405. The van der Waals surface area contributed by atoms with Crippen molar-refractivity contribution in [2.45, 2.75) is 20.4 Å². The lowest BCUT2D eigenvalue weighted by Crippen LogP contribution is -2.31. The van der Waals surface area contributed by atoms with Gasteiger partial charge in [-0.1, -0.05) is 35.9 Å². The minimum absolute atomic E-state index is 0.261. The van der Waals surface area contributed by atoms with Gasteiger partial charge in [-0.15, -0.1) is 0 Å². The molecule has 0 atom stereocenters. The molecule has 2 aromatic carbocycles. The van der Waals surface area contributed by atoms with E-state index >= 15 is 0 Å². The fraction of sp³-hybridized carbons (Fsp3) is 0.300. The van der Waals surface area contributed by atoms with Crippen LogP contribution in [0.15, 0.2) is 42.5 Å². The van der Waals surface area contributed by atoms with Gasteiger partial charge in [0, 0.05) is 13.6 Å². The van der Waals surface area contributed by atoms with Gasteiger partial charge in [-0.05, 0) is 37.1 Å². The molecule has 2 rings (SSSR count). The van der Waals surface area contributed by atoms with Crippen LogP contribution in [0.5, 0.6) is 5.75 Å². The van der Waals surface area contributed by atoms with Crippen molar-refractivity contribution in [2.24, 2.45) is 0 Å². The molecule has 0 aromatic heterocycles. The topological polar surface area (TPSA) is 55.8 Å². The van der Waals surface area contributed by atoms with Crippen LogP contribution in [0, 0.1) is 13.8 Å². The van der Waals surface area contributed by atoms with Crippen molar-refractivity contribution in [3.05, 3.63) is 64.7 Å². The normalized spacial score (nSPS) is 10.2. The highest BCUT2D eigenvalue weighted by Crippen LogP contribution is 2.20. The molecule has 2 aromatic rings. The van der Waals surface area contributed by atoms with Gasteiger partial charge in [0.25, 0.3) is 5.91 Å². The predicted molar refractivity (Wildman–Crippen MR) is 95.7 cm³/mol. The van der Waals surface area contributed by atoms with Crippen molar-refractivity contribution >= 4 is 11.9 Å². The average Bonchev–Trinajstić information content (AvgIpc) is 2.61. The molecule has 132 valence electrons. The van der Waals surface area contributed by atoms with E-state index in [1.54, 1.807) is 24.1 Å². The molecule has 0 saturated carbocycles. The van der Waals surface area contributed by atoms with Crippen LogP contribution in [0.3, 0.4) is 0 Å². The second-order valence-corrected chi connectivity index (χ2v) is 5.96. The fourth-order valence-corrected chi connectivity index (χ4v) is 2.43.